The number of aromatic nitrogens is 2. The lowest BCUT2D eigenvalue weighted by molar-refractivity contribution is 0.434. The van der Waals surface area contributed by atoms with Gasteiger partial charge in [0.2, 0.25) is 0 Å². The van der Waals surface area contributed by atoms with Crippen molar-refractivity contribution < 1.29 is 8.42 Å². The third kappa shape index (κ3) is 4.23. The van der Waals surface area contributed by atoms with E-state index in [1.807, 2.05) is 4.90 Å². The summed E-state index contributed by atoms with van der Waals surface area (Å²) in [7, 11) is -3.47. The lowest BCUT2D eigenvalue weighted by Crippen LogP contribution is -2.35. The standard InChI is InChI=1S/C19H19ClN4O3S2/c20-15-4-6-16(7-5-15)24-18(25)9-8-17(21-24)22-10-2-11-23(13-12-22)29(26,27)19-3-1-14-28-19/h1,3-9,14H,2,10-13H2. The van der Waals surface area contributed by atoms with Crippen molar-refractivity contribution in [3.63, 3.8) is 0 Å². The Kier molecular flexibility index (Phi) is 5.73. The van der Waals surface area contributed by atoms with Crippen molar-refractivity contribution in [1.29, 1.82) is 0 Å². The molecule has 0 aliphatic carbocycles. The third-order valence-electron chi connectivity index (χ3n) is 4.73. The molecule has 2 aromatic heterocycles. The topological polar surface area (TPSA) is 75.5 Å². The van der Waals surface area contributed by atoms with E-state index in [4.69, 9.17) is 11.6 Å². The van der Waals surface area contributed by atoms with Gasteiger partial charge in [-0.3, -0.25) is 4.79 Å². The van der Waals surface area contributed by atoms with Crippen LogP contribution in [0.5, 0.6) is 0 Å². The maximum absolute atomic E-state index is 12.8. The second kappa shape index (κ2) is 8.27. The summed E-state index contributed by atoms with van der Waals surface area (Å²) in [4.78, 5) is 14.3. The molecule has 1 aliphatic rings. The molecular formula is C19H19ClN4O3S2. The van der Waals surface area contributed by atoms with Crippen LogP contribution in [-0.4, -0.2) is 48.7 Å². The SMILES string of the molecule is O=c1ccc(N2CCCN(S(=O)(=O)c3cccs3)CC2)nn1-c1ccc(Cl)cc1. The van der Waals surface area contributed by atoms with Crippen molar-refractivity contribution in [3.05, 3.63) is 69.3 Å². The quantitative estimate of drug-likeness (QED) is 0.611. The van der Waals surface area contributed by atoms with Crippen molar-refractivity contribution in [3.8, 4) is 5.69 Å². The smallest absolute Gasteiger partial charge is 0.271 e. The number of thiophene rings is 1. The number of sulfonamides is 1. The zero-order valence-corrected chi connectivity index (χ0v) is 17.8. The van der Waals surface area contributed by atoms with Crippen LogP contribution < -0.4 is 10.5 Å². The highest BCUT2D eigenvalue weighted by atomic mass is 35.5. The lowest BCUT2D eigenvalue weighted by Gasteiger charge is -2.22. The Morgan fingerprint density at radius 2 is 1.76 bits per heavy atom. The van der Waals surface area contributed by atoms with Gasteiger partial charge in [0.05, 0.1) is 5.69 Å². The zero-order chi connectivity index (χ0) is 20.4. The number of anilines is 1. The summed E-state index contributed by atoms with van der Waals surface area (Å²) >= 11 is 7.16. The Morgan fingerprint density at radius 3 is 2.48 bits per heavy atom. The van der Waals surface area contributed by atoms with E-state index in [0.29, 0.717) is 53.3 Å². The van der Waals surface area contributed by atoms with Gasteiger partial charge >= 0.3 is 0 Å². The van der Waals surface area contributed by atoms with E-state index < -0.39 is 10.0 Å². The molecule has 1 aliphatic heterocycles. The molecule has 0 spiro atoms. The number of rotatable bonds is 4. The van der Waals surface area contributed by atoms with Crippen molar-refractivity contribution in [1.82, 2.24) is 14.1 Å². The number of benzene rings is 1. The minimum atomic E-state index is -3.47. The number of halogens is 1. The number of hydrogen-bond acceptors (Lipinski definition) is 6. The minimum Gasteiger partial charge on any atom is -0.354 e. The van der Waals surface area contributed by atoms with Gasteiger partial charge in [-0.25, -0.2) is 8.42 Å². The van der Waals surface area contributed by atoms with Gasteiger partial charge in [-0.05, 0) is 48.2 Å². The summed E-state index contributed by atoms with van der Waals surface area (Å²) in [6, 6.07) is 13.4. The van der Waals surface area contributed by atoms with Gasteiger partial charge in [0, 0.05) is 37.3 Å². The Labute approximate surface area is 177 Å². The molecule has 0 N–H and O–H groups in total. The summed E-state index contributed by atoms with van der Waals surface area (Å²) < 4.78 is 28.8. The lowest BCUT2D eigenvalue weighted by atomic mass is 10.3. The maximum atomic E-state index is 12.8. The predicted octanol–water partition coefficient (Wildman–Crippen LogP) is 2.85. The van der Waals surface area contributed by atoms with Gasteiger partial charge in [-0.15, -0.1) is 16.4 Å². The van der Waals surface area contributed by atoms with Crippen LogP contribution in [0.1, 0.15) is 6.42 Å². The first-order valence-corrected chi connectivity index (χ1v) is 11.8. The summed E-state index contributed by atoms with van der Waals surface area (Å²) in [5.74, 6) is 0.634. The molecule has 1 aromatic carbocycles. The van der Waals surface area contributed by atoms with E-state index in [0.717, 1.165) is 0 Å². The molecule has 0 amide bonds. The summed E-state index contributed by atoms with van der Waals surface area (Å²) in [5, 5.41) is 6.84. The van der Waals surface area contributed by atoms with Crippen LogP contribution in [0.25, 0.3) is 5.69 Å². The van der Waals surface area contributed by atoms with Gasteiger partial charge < -0.3 is 4.90 Å². The fourth-order valence-electron chi connectivity index (χ4n) is 3.24. The molecule has 152 valence electrons. The highest BCUT2D eigenvalue weighted by molar-refractivity contribution is 7.91. The fourth-order valence-corrected chi connectivity index (χ4v) is 5.98. The third-order valence-corrected chi connectivity index (χ3v) is 8.25. The molecule has 29 heavy (non-hydrogen) atoms. The van der Waals surface area contributed by atoms with E-state index in [1.54, 1.807) is 47.8 Å². The van der Waals surface area contributed by atoms with Crippen LogP contribution in [0, 0.1) is 0 Å². The van der Waals surface area contributed by atoms with Crippen molar-refractivity contribution in [2.45, 2.75) is 10.6 Å². The molecule has 10 heteroatoms. The number of hydrogen-bond donors (Lipinski definition) is 0. The minimum absolute atomic E-state index is 0.243. The molecule has 0 radical (unpaired) electrons. The Morgan fingerprint density at radius 1 is 0.966 bits per heavy atom. The summed E-state index contributed by atoms with van der Waals surface area (Å²) in [6.07, 6.45) is 0.673. The van der Waals surface area contributed by atoms with E-state index >= 15 is 0 Å². The molecule has 0 saturated carbocycles. The van der Waals surface area contributed by atoms with E-state index in [9.17, 15) is 13.2 Å². The van der Waals surface area contributed by atoms with Crippen molar-refractivity contribution >= 4 is 38.8 Å². The Balaban J connectivity index is 1.56. The Hall–Kier alpha value is -2.20. The predicted molar refractivity (Wildman–Crippen MR) is 115 cm³/mol. The molecule has 1 fully saturated rings. The van der Waals surface area contributed by atoms with Gasteiger partial charge in [-0.1, -0.05) is 17.7 Å². The van der Waals surface area contributed by atoms with Gasteiger partial charge in [0.25, 0.3) is 15.6 Å². The van der Waals surface area contributed by atoms with Gasteiger partial charge in [-0.2, -0.15) is 8.99 Å². The van der Waals surface area contributed by atoms with E-state index in [2.05, 4.69) is 5.10 Å². The second-order valence-electron chi connectivity index (χ2n) is 6.59. The highest BCUT2D eigenvalue weighted by Crippen LogP contribution is 2.23. The molecule has 4 rings (SSSR count). The van der Waals surface area contributed by atoms with Crippen molar-refractivity contribution in [2.75, 3.05) is 31.1 Å². The van der Waals surface area contributed by atoms with Crippen LogP contribution in [0.4, 0.5) is 5.82 Å². The van der Waals surface area contributed by atoms with E-state index in [1.165, 1.54) is 26.4 Å². The first kappa shape index (κ1) is 20.1. The first-order valence-electron chi connectivity index (χ1n) is 9.10. The second-order valence-corrected chi connectivity index (χ2v) is 10.1. The molecule has 0 bridgehead atoms. The highest BCUT2D eigenvalue weighted by Gasteiger charge is 2.28. The largest absolute Gasteiger partial charge is 0.354 e. The van der Waals surface area contributed by atoms with Gasteiger partial charge in [0.15, 0.2) is 0 Å². The molecule has 0 atom stereocenters. The molecule has 3 heterocycles. The van der Waals surface area contributed by atoms with Crippen LogP contribution in [0.15, 0.2) is 62.9 Å². The van der Waals surface area contributed by atoms with Crippen LogP contribution in [-0.2, 0) is 10.0 Å². The average Bonchev–Trinajstić information content (AvgIpc) is 3.15. The molecule has 3 aromatic rings. The Bertz CT molecular complexity index is 1140. The van der Waals surface area contributed by atoms with Crippen LogP contribution in [0.2, 0.25) is 5.02 Å². The normalized spacial score (nSPS) is 16.0. The molecule has 7 nitrogen and oxygen atoms in total. The average molecular weight is 451 g/mol. The zero-order valence-electron chi connectivity index (χ0n) is 15.4. The van der Waals surface area contributed by atoms with E-state index in [-0.39, 0.29) is 5.56 Å². The molecular weight excluding hydrogens is 432 g/mol. The first-order chi connectivity index (χ1) is 13.9. The fraction of sp³-hybridized carbons (Fsp3) is 0.263. The monoisotopic (exact) mass is 450 g/mol. The van der Waals surface area contributed by atoms with Crippen LogP contribution >= 0.6 is 22.9 Å². The van der Waals surface area contributed by atoms with Crippen LogP contribution in [0.3, 0.4) is 0 Å². The summed E-state index contributed by atoms with van der Waals surface area (Å²) in [5.41, 5.74) is 0.380. The summed E-state index contributed by atoms with van der Waals surface area (Å²) in [6.45, 7) is 1.97. The molecule has 1 saturated heterocycles. The number of nitrogens with zero attached hydrogens (tertiary/aromatic N) is 4. The van der Waals surface area contributed by atoms with Gasteiger partial charge in [0.1, 0.15) is 10.0 Å². The van der Waals surface area contributed by atoms with Crippen molar-refractivity contribution in [2.24, 2.45) is 0 Å². The maximum Gasteiger partial charge on any atom is 0.271 e. The molecule has 0 unspecified atom stereocenters.